The smallest absolute Gasteiger partial charge is 0.140 e. The molecule has 0 aliphatic heterocycles. The minimum atomic E-state index is 0.717. The van der Waals surface area contributed by atoms with E-state index in [4.69, 9.17) is 11.2 Å². The molecule has 0 fully saturated rings. The Labute approximate surface area is 132 Å². The van der Waals surface area contributed by atoms with Crippen LogP contribution in [0.4, 0.5) is 5.82 Å². The van der Waals surface area contributed by atoms with Crippen LogP contribution < -0.4 is 4.90 Å². The molecule has 0 radical (unpaired) electrons. The summed E-state index contributed by atoms with van der Waals surface area (Å²) in [4.78, 5) is 11.0. The molecular formula is C18H21N3O. The van der Waals surface area contributed by atoms with Crippen LogP contribution in [0.3, 0.4) is 0 Å². The molecule has 114 valence electrons. The van der Waals surface area contributed by atoms with Crippen LogP contribution in [0.25, 0.3) is 0 Å². The molecule has 0 amide bonds. The summed E-state index contributed by atoms with van der Waals surface area (Å²) in [7, 11) is 3.55. The highest BCUT2D eigenvalue weighted by Crippen LogP contribution is 2.31. The first-order valence-electron chi connectivity index (χ1n) is 7.12. The first kappa shape index (κ1) is 15.8. The highest BCUT2D eigenvalue weighted by Gasteiger charge is 2.23. The van der Waals surface area contributed by atoms with Gasteiger partial charge in [0.1, 0.15) is 11.6 Å². The van der Waals surface area contributed by atoms with Crippen LogP contribution in [-0.4, -0.2) is 24.1 Å². The lowest BCUT2D eigenvalue weighted by Gasteiger charge is -2.21. The van der Waals surface area contributed by atoms with E-state index in [1.807, 2.05) is 37.9 Å². The third-order valence-electron chi connectivity index (χ3n) is 3.65. The van der Waals surface area contributed by atoms with Crippen molar-refractivity contribution in [3.8, 4) is 12.3 Å². The zero-order valence-corrected chi connectivity index (χ0v) is 13.6. The summed E-state index contributed by atoms with van der Waals surface area (Å²) in [5.74, 6) is 5.10. The topological polar surface area (TPSA) is 38.2 Å². The zero-order valence-electron chi connectivity index (χ0n) is 13.6. The number of terminal acetylenes is 1. The van der Waals surface area contributed by atoms with Crippen LogP contribution in [0.1, 0.15) is 24.0 Å². The normalized spacial score (nSPS) is 14.6. The van der Waals surface area contributed by atoms with Crippen LogP contribution in [0.15, 0.2) is 35.8 Å². The van der Waals surface area contributed by atoms with E-state index in [-0.39, 0.29) is 0 Å². The second kappa shape index (κ2) is 6.48. The van der Waals surface area contributed by atoms with Gasteiger partial charge in [0.05, 0.1) is 24.3 Å². The Morgan fingerprint density at radius 3 is 2.73 bits per heavy atom. The number of anilines is 1. The fourth-order valence-corrected chi connectivity index (χ4v) is 2.43. The van der Waals surface area contributed by atoms with Crippen LogP contribution >= 0.6 is 0 Å². The monoisotopic (exact) mass is 295 g/mol. The van der Waals surface area contributed by atoms with Gasteiger partial charge in [0.15, 0.2) is 0 Å². The average molecular weight is 295 g/mol. The fraction of sp³-hybridized carbons (Fsp3) is 0.333. The molecule has 1 aliphatic carbocycles. The lowest BCUT2D eigenvalue weighted by atomic mass is 10.2. The number of rotatable bonds is 4. The summed E-state index contributed by atoms with van der Waals surface area (Å²) in [6, 6.07) is 0. The number of fused-ring (bicyclic) bond motifs is 1. The molecule has 1 aliphatic rings. The fourth-order valence-electron chi connectivity index (χ4n) is 2.43. The minimum Gasteiger partial charge on any atom is -0.501 e. The quantitative estimate of drug-likeness (QED) is 0.370. The van der Waals surface area contributed by atoms with Gasteiger partial charge in [-0.2, -0.15) is 0 Å². The SMILES string of the molecule is C#C/C(=C\C=C(/C)OC)N(C)c1nc(C)nc2c1CC(=C)C2. The van der Waals surface area contributed by atoms with E-state index in [1.54, 1.807) is 7.11 Å². The predicted octanol–water partition coefficient (Wildman–Crippen LogP) is 2.94. The molecule has 0 saturated carbocycles. The Bertz CT molecular complexity index is 708. The largest absolute Gasteiger partial charge is 0.501 e. The van der Waals surface area contributed by atoms with Crippen LogP contribution in [0.2, 0.25) is 0 Å². The molecule has 1 aromatic heterocycles. The number of hydrogen-bond acceptors (Lipinski definition) is 4. The Balaban J connectivity index is 2.44. The van der Waals surface area contributed by atoms with E-state index in [1.165, 1.54) is 0 Å². The standard InChI is InChI=1S/C18H21N3O/c1-7-15(9-8-13(3)22-6)21(5)18-16-10-12(2)11-17(16)19-14(4)20-18/h1,8-9H,2,10-11H2,3-6H3/b13-8+,15-9+. The molecule has 0 N–H and O–H groups in total. The van der Waals surface area contributed by atoms with Gasteiger partial charge in [0.25, 0.3) is 0 Å². The van der Waals surface area contributed by atoms with Gasteiger partial charge >= 0.3 is 0 Å². The number of nitrogens with zero attached hydrogens (tertiary/aromatic N) is 3. The first-order chi connectivity index (χ1) is 10.5. The van der Waals surface area contributed by atoms with Gasteiger partial charge in [0.2, 0.25) is 0 Å². The van der Waals surface area contributed by atoms with Crippen molar-refractivity contribution in [3.63, 3.8) is 0 Å². The lowest BCUT2D eigenvalue weighted by molar-refractivity contribution is 0.294. The van der Waals surface area contributed by atoms with Crippen molar-refractivity contribution >= 4 is 5.82 Å². The predicted molar refractivity (Wildman–Crippen MR) is 89.4 cm³/mol. The highest BCUT2D eigenvalue weighted by atomic mass is 16.5. The van der Waals surface area contributed by atoms with Gasteiger partial charge in [-0.05, 0) is 32.4 Å². The molecule has 0 atom stereocenters. The number of methoxy groups -OCH3 is 1. The van der Waals surface area contributed by atoms with Gasteiger partial charge in [-0.1, -0.05) is 18.1 Å². The lowest BCUT2D eigenvalue weighted by Crippen LogP contribution is -2.19. The number of allylic oxidation sites excluding steroid dienone is 5. The van der Waals surface area contributed by atoms with Crippen LogP contribution in [0, 0.1) is 19.3 Å². The molecule has 4 nitrogen and oxygen atoms in total. The molecule has 22 heavy (non-hydrogen) atoms. The molecule has 1 heterocycles. The van der Waals surface area contributed by atoms with E-state index in [2.05, 4.69) is 22.5 Å². The molecule has 0 aromatic carbocycles. The summed E-state index contributed by atoms with van der Waals surface area (Å²) in [6.07, 6.45) is 11.0. The van der Waals surface area contributed by atoms with Crippen molar-refractivity contribution in [1.82, 2.24) is 9.97 Å². The highest BCUT2D eigenvalue weighted by molar-refractivity contribution is 5.60. The van der Waals surface area contributed by atoms with Gasteiger partial charge in [-0.3, -0.25) is 0 Å². The molecule has 2 rings (SSSR count). The third kappa shape index (κ3) is 3.20. The van der Waals surface area contributed by atoms with Gasteiger partial charge in [0, 0.05) is 19.0 Å². The summed E-state index contributed by atoms with van der Waals surface area (Å²) in [5.41, 5.74) is 4.05. The summed E-state index contributed by atoms with van der Waals surface area (Å²) in [6.45, 7) is 7.84. The number of ether oxygens (including phenoxy) is 1. The second-order valence-corrected chi connectivity index (χ2v) is 5.36. The maximum absolute atomic E-state index is 5.66. The molecular weight excluding hydrogens is 274 g/mol. The maximum atomic E-state index is 5.66. The van der Waals surface area contributed by atoms with Crippen molar-refractivity contribution in [2.75, 3.05) is 19.1 Å². The number of hydrogen-bond donors (Lipinski definition) is 0. The maximum Gasteiger partial charge on any atom is 0.140 e. The van der Waals surface area contributed by atoms with Gasteiger partial charge in [-0.15, -0.1) is 6.42 Å². The van der Waals surface area contributed by atoms with Crippen molar-refractivity contribution in [2.24, 2.45) is 0 Å². The van der Waals surface area contributed by atoms with E-state index >= 15 is 0 Å². The van der Waals surface area contributed by atoms with Crippen LogP contribution in [-0.2, 0) is 17.6 Å². The van der Waals surface area contributed by atoms with Gasteiger partial charge in [-0.25, -0.2) is 9.97 Å². The Morgan fingerprint density at radius 1 is 1.36 bits per heavy atom. The number of aryl methyl sites for hydroxylation is 1. The Morgan fingerprint density at radius 2 is 2.09 bits per heavy atom. The molecule has 1 aromatic rings. The first-order valence-corrected chi connectivity index (χ1v) is 7.12. The third-order valence-corrected chi connectivity index (χ3v) is 3.65. The molecule has 0 unspecified atom stereocenters. The zero-order chi connectivity index (χ0) is 16.3. The van der Waals surface area contributed by atoms with Crippen molar-refractivity contribution in [3.05, 3.63) is 52.8 Å². The summed E-state index contributed by atoms with van der Waals surface area (Å²) < 4.78 is 5.13. The minimum absolute atomic E-state index is 0.717. The van der Waals surface area contributed by atoms with E-state index in [0.717, 1.165) is 47.1 Å². The van der Waals surface area contributed by atoms with Crippen LogP contribution in [0.5, 0.6) is 0 Å². The summed E-state index contributed by atoms with van der Waals surface area (Å²) >= 11 is 0. The average Bonchev–Trinajstić information content (AvgIpc) is 2.86. The van der Waals surface area contributed by atoms with Crippen molar-refractivity contribution < 1.29 is 4.74 Å². The number of aromatic nitrogens is 2. The Hall–Kier alpha value is -2.54. The molecule has 0 bridgehead atoms. The van der Waals surface area contributed by atoms with Gasteiger partial charge < -0.3 is 9.64 Å². The summed E-state index contributed by atoms with van der Waals surface area (Å²) in [5, 5.41) is 0. The molecule has 4 heteroatoms. The van der Waals surface area contributed by atoms with E-state index in [9.17, 15) is 0 Å². The van der Waals surface area contributed by atoms with Crippen molar-refractivity contribution in [1.29, 1.82) is 0 Å². The second-order valence-electron chi connectivity index (χ2n) is 5.36. The Kier molecular flexibility index (Phi) is 4.67. The molecule has 0 saturated heterocycles. The van der Waals surface area contributed by atoms with Crippen molar-refractivity contribution in [2.45, 2.75) is 26.7 Å². The van der Waals surface area contributed by atoms with E-state index < -0.39 is 0 Å². The molecule has 0 spiro atoms. The van der Waals surface area contributed by atoms with E-state index in [0.29, 0.717) is 5.70 Å².